The van der Waals surface area contributed by atoms with Gasteiger partial charge < -0.3 is 0 Å². The number of allylic oxidation sites excluding steroid dienone is 1. The van der Waals surface area contributed by atoms with Crippen LogP contribution in [0.1, 0.15) is 94.4 Å². The molecule has 196 valence electrons. The highest BCUT2D eigenvalue weighted by Crippen LogP contribution is 2.30. The Balaban J connectivity index is 1.82. The minimum Gasteiger partial charge on any atom is -0.0909 e. The maximum Gasteiger partial charge on any atom is 0.205 e. The van der Waals surface area contributed by atoms with E-state index in [0.717, 1.165) is 24.2 Å². The molecule has 2 heteroatoms. The Labute approximate surface area is 226 Å². The average molecular weight is 496 g/mol. The topological polar surface area (TPSA) is 15.4 Å². The van der Waals surface area contributed by atoms with E-state index in [-0.39, 0.29) is 0 Å². The summed E-state index contributed by atoms with van der Waals surface area (Å²) in [5, 5.41) is 4.97. The molecule has 3 aromatic carbocycles. The van der Waals surface area contributed by atoms with Crippen LogP contribution in [0.2, 0.25) is 0 Å². The zero-order valence-electron chi connectivity index (χ0n) is 23.9. The van der Waals surface area contributed by atoms with Crippen molar-refractivity contribution in [3.8, 4) is 11.1 Å². The van der Waals surface area contributed by atoms with Gasteiger partial charge in [0, 0.05) is 13.0 Å². The zero-order valence-corrected chi connectivity index (χ0v) is 23.9. The Morgan fingerprint density at radius 1 is 0.784 bits per heavy atom. The summed E-state index contributed by atoms with van der Waals surface area (Å²) in [6.45, 7) is 8.88. The van der Waals surface area contributed by atoms with Crippen LogP contribution in [0.4, 0.5) is 5.69 Å². The predicted molar refractivity (Wildman–Crippen MR) is 161 cm³/mol. The van der Waals surface area contributed by atoms with Crippen LogP contribution in [-0.4, -0.2) is 11.7 Å². The largest absolute Gasteiger partial charge is 0.205 e. The van der Waals surface area contributed by atoms with Crippen LogP contribution in [-0.2, 0) is 12.8 Å². The van der Waals surface area contributed by atoms with Gasteiger partial charge in [-0.1, -0.05) is 117 Å². The molecule has 0 heterocycles. The van der Waals surface area contributed by atoms with Gasteiger partial charge in [-0.3, -0.25) is 0 Å². The third-order valence-electron chi connectivity index (χ3n) is 7.11. The fraction of sp³-hybridized carbons (Fsp3) is 0.429. The molecule has 3 aromatic rings. The van der Waals surface area contributed by atoms with E-state index in [1.54, 1.807) is 0 Å². The molecule has 0 aromatic heterocycles. The molecule has 0 spiro atoms. The fourth-order valence-corrected chi connectivity index (χ4v) is 4.94. The van der Waals surface area contributed by atoms with Crippen LogP contribution in [0, 0.1) is 6.92 Å². The predicted octanol–water partition coefficient (Wildman–Crippen LogP) is 10.7. The average Bonchev–Trinajstić information content (AvgIpc) is 2.90. The monoisotopic (exact) mass is 495 g/mol. The van der Waals surface area contributed by atoms with Gasteiger partial charge in [-0.15, -0.1) is 0 Å². The van der Waals surface area contributed by atoms with E-state index >= 15 is 0 Å². The highest BCUT2D eigenvalue weighted by Gasteiger charge is 2.10. The quantitative estimate of drug-likeness (QED) is 0.120. The second-order valence-corrected chi connectivity index (χ2v) is 10.5. The first-order valence-electron chi connectivity index (χ1n) is 14.4. The first kappa shape index (κ1) is 28.6. The molecular weight excluding hydrogens is 448 g/mol. The Hall–Kier alpha value is -3.00. The number of rotatable bonds is 14. The normalized spacial score (nSPS) is 12.2. The number of unbranched alkanes of at least 4 members (excludes halogenated alkanes) is 6. The number of nitrogens with zero attached hydrogens (tertiary/aromatic N) is 2. The van der Waals surface area contributed by atoms with Crippen molar-refractivity contribution in [3.63, 3.8) is 0 Å². The van der Waals surface area contributed by atoms with Crippen LogP contribution in [0.5, 0.6) is 0 Å². The van der Waals surface area contributed by atoms with Crippen molar-refractivity contribution < 1.29 is 4.70 Å². The third kappa shape index (κ3) is 9.43. The lowest BCUT2D eigenvalue weighted by atomic mass is 9.95. The number of aryl methyl sites for hydroxylation is 3. The summed E-state index contributed by atoms with van der Waals surface area (Å²) in [5.74, 6) is 0. The van der Waals surface area contributed by atoms with E-state index in [9.17, 15) is 0 Å². The summed E-state index contributed by atoms with van der Waals surface area (Å²) in [5.41, 5.74) is 10.1. The van der Waals surface area contributed by atoms with E-state index in [0.29, 0.717) is 0 Å². The molecule has 2 nitrogen and oxygen atoms in total. The Morgan fingerprint density at radius 2 is 1.49 bits per heavy atom. The first-order chi connectivity index (χ1) is 18.0. The van der Waals surface area contributed by atoms with Gasteiger partial charge in [0.15, 0.2) is 7.05 Å². The molecule has 0 saturated carbocycles. The lowest BCUT2D eigenvalue weighted by molar-refractivity contribution is -0.510. The highest BCUT2D eigenvalue weighted by molar-refractivity contribution is 5.70. The molecule has 0 aliphatic heterocycles. The van der Waals surface area contributed by atoms with Crippen molar-refractivity contribution in [1.29, 1.82) is 0 Å². The molecule has 0 aliphatic carbocycles. The Bertz CT molecular complexity index is 1170. The SMILES string of the molecule is CCCCCCc1cc(C)cc(C=C(C)[N+](C)=Nc2ccc(CCCCCC)c(-c3ccccc3)c2)c1. The maximum absolute atomic E-state index is 4.97. The standard InChI is InChI=1S/C35H47N2/c1-6-8-10-13-17-30-23-28(3)24-31(26-30)25-29(4)37(5)36-34-22-21-33(20-14-11-9-7-2)35(27-34)32-18-15-12-16-19-32/h12,15-16,18-19,21-27H,6-11,13-14,17,20H2,1-5H3/q+1. The molecule has 0 saturated heterocycles. The molecule has 0 atom stereocenters. The Kier molecular flexibility index (Phi) is 11.8. The van der Waals surface area contributed by atoms with Crippen molar-refractivity contribution in [2.45, 2.75) is 91.9 Å². The zero-order chi connectivity index (χ0) is 26.5. The van der Waals surface area contributed by atoms with E-state index in [1.165, 1.54) is 84.7 Å². The van der Waals surface area contributed by atoms with Gasteiger partial charge in [0.2, 0.25) is 5.70 Å². The van der Waals surface area contributed by atoms with Crippen molar-refractivity contribution in [3.05, 3.63) is 94.7 Å². The minimum absolute atomic E-state index is 0.993. The summed E-state index contributed by atoms with van der Waals surface area (Å²) in [6.07, 6.45) is 14.9. The molecular formula is C35H47N2+. The van der Waals surface area contributed by atoms with E-state index < -0.39 is 0 Å². The van der Waals surface area contributed by atoms with Crippen molar-refractivity contribution >= 4 is 11.8 Å². The summed E-state index contributed by atoms with van der Waals surface area (Å²) in [7, 11) is 2.05. The highest BCUT2D eigenvalue weighted by atomic mass is 15.2. The number of azo groups is 2. The molecule has 0 amide bonds. The van der Waals surface area contributed by atoms with Crippen molar-refractivity contribution in [2.24, 2.45) is 5.11 Å². The van der Waals surface area contributed by atoms with E-state index in [4.69, 9.17) is 5.11 Å². The second kappa shape index (κ2) is 15.3. The smallest absolute Gasteiger partial charge is 0.0909 e. The molecule has 0 radical (unpaired) electrons. The van der Waals surface area contributed by atoms with E-state index in [1.807, 2.05) is 11.7 Å². The maximum atomic E-state index is 4.97. The third-order valence-corrected chi connectivity index (χ3v) is 7.11. The van der Waals surface area contributed by atoms with Gasteiger partial charge >= 0.3 is 0 Å². The van der Waals surface area contributed by atoms with Crippen LogP contribution in [0.3, 0.4) is 0 Å². The molecule has 0 aliphatic rings. The lowest BCUT2D eigenvalue weighted by Gasteiger charge is -2.10. The van der Waals surface area contributed by atoms with Crippen LogP contribution < -0.4 is 0 Å². The molecule has 0 fully saturated rings. The van der Waals surface area contributed by atoms with Gasteiger partial charge in [-0.2, -0.15) is 0 Å². The van der Waals surface area contributed by atoms with Gasteiger partial charge in [-0.05, 0) is 77.7 Å². The molecule has 0 N–H and O–H groups in total. The molecule has 0 bridgehead atoms. The van der Waals surface area contributed by atoms with Crippen molar-refractivity contribution in [2.75, 3.05) is 7.05 Å². The van der Waals surface area contributed by atoms with Gasteiger partial charge in [0.05, 0.1) is 0 Å². The van der Waals surface area contributed by atoms with Crippen LogP contribution in [0.15, 0.2) is 77.5 Å². The van der Waals surface area contributed by atoms with Crippen molar-refractivity contribution in [1.82, 2.24) is 0 Å². The molecule has 3 rings (SSSR count). The lowest BCUT2D eigenvalue weighted by Crippen LogP contribution is -1.99. The van der Waals surface area contributed by atoms with E-state index in [2.05, 4.69) is 101 Å². The van der Waals surface area contributed by atoms with Gasteiger partial charge in [-0.25, -0.2) is 0 Å². The Morgan fingerprint density at radius 3 is 2.19 bits per heavy atom. The molecule has 0 unspecified atom stereocenters. The minimum atomic E-state index is 0.993. The molecule has 37 heavy (non-hydrogen) atoms. The summed E-state index contributed by atoms with van der Waals surface area (Å²) in [6, 6.07) is 24.4. The van der Waals surface area contributed by atoms with Crippen LogP contribution in [0.25, 0.3) is 17.2 Å². The first-order valence-corrected chi connectivity index (χ1v) is 14.4. The second-order valence-electron chi connectivity index (χ2n) is 10.5. The summed E-state index contributed by atoms with van der Waals surface area (Å²) < 4.78 is 2.01. The fourth-order valence-electron chi connectivity index (χ4n) is 4.94. The summed E-state index contributed by atoms with van der Waals surface area (Å²) >= 11 is 0. The van der Waals surface area contributed by atoms with Gasteiger partial charge in [0.1, 0.15) is 5.69 Å². The summed E-state index contributed by atoms with van der Waals surface area (Å²) in [4.78, 5) is 0. The van der Waals surface area contributed by atoms with Crippen LogP contribution >= 0.6 is 0 Å². The number of hydrogen-bond acceptors (Lipinski definition) is 1. The number of hydrogen-bond donors (Lipinski definition) is 0. The number of benzene rings is 3. The van der Waals surface area contributed by atoms with Gasteiger partial charge in [0.25, 0.3) is 0 Å².